The van der Waals surface area contributed by atoms with Crippen LogP contribution < -0.4 is 30.2 Å². The third-order valence-corrected chi connectivity index (χ3v) is 8.62. The fourth-order valence-electron chi connectivity index (χ4n) is 5.94. The van der Waals surface area contributed by atoms with E-state index in [-0.39, 0.29) is 17.7 Å². The van der Waals surface area contributed by atoms with Gasteiger partial charge in [-0.25, -0.2) is 9.78 Å². The van der Waals surface area contributed by atoms with Crippen LogP contribution in [0.25, 0.3) is 10.8 Å². The number of fused-ring (bicyclic) bond motifs is 1. The van der Waals surface area contributed by atoms with E-state index >= 15 is 0 Å². The third kappa shape index (κ3) is 8.50. The molecule has 6 rings (SSSR count). The van der Waals surface area contributed by atoms with E-state index in [4.69, 9.17) is 18.9 Å². The molecule has 51 heavy (non-hydrogen) atoms. The summed E-state index contributed by atoms with van der Waals surface area (Å²) in [5.41, 5.74) is 3.34. The molecule has 1 aliphatic rings. The fourth-order valence-corrected chi connectivity index (χ4v) is 5.94. The second kappa shape index (κ2) is 15.4. The third-order valence-electron chi connectivity index (χ3n) is 8.62. The van der Waals surface area contributed by atoms with E-state index in [1.807, 2.05) is 78.9 Å². The number of ether oxygens (including phenoxy) is 4. The van der Waals surface area contributed by atoms with Crippen LogP contribution in [-0.2, 0) is 21.4 Å². The van der Waals surface area contributed by atoms with Gasteiger partial charge in [-0.15, -0.1) is 0 Å². The number of hydrogen-bond donors (Lipinski definition) is 3. The largest absolute Gasteiger partial charge is 0.497 e. The predicted molar refractivity (Wildman–Crippen MR) is 200 cm³/mol. The molecule has 4 aromatic carbocycles. The van der Waals surface area contributed by atoms with Crippen LogP contribution in [0, 0.1) is 0 Å². The second-order valence-corrected chi connectivity index (χ2v) is 13.2. The maximum absolute atomic E-state index is 13.6. The van der Waals surface area contributed by atoms with Gasteiger partial charge in [-0.1, -0.05) is 57.2 Å². The highest BCUT2D eigenvalue weighted by Crippen LogP contribution is 2.38. The van der Waals surface area contributed by atoms with Gasteiger partial charge in [0.25, 0.3) is 0 Å². The second-order valence-electron chi connectivity index (χ2n) is 13.2. The molecule has 3 amide bonds. The van der Waals surface area contributed by atoms with Gasteiger partial charge in [0.1, 0.15) is 28.8 Å². The van der Waals surface area contributed by atoms with E-state index in [1.54, 1.807) is 31.4 Å². The van der Waals surface area contributed by atoms with Crippen LogP contribution in [0.4, 0.5) is 27.7 Å². The molecular weight excluding hydrogens is 646 g/mol. The van der Waals surface area contributed by atoms with Crippen molar-refractivity contribution in [3.8, 4) is 23.0 Å². The van der Waals surface area contributed by atoms with Gasteiger partial charge in [-0.3, -0.25) is 4.79 Å². The number of methoxy groups -OCH3 is 2. The average molecular weight is 690 g/mol. The van der Waals surface area contributed by atoms with Crippen molar-refractivity contribution in [2.24, 2.45) is 0 Å². The van der Waals surface area contributed by atoms with E-state index in [1.165, 1.54) is 0 Å². The quantitative estimate of drug-likeness (QED) is 0.134. The summed E-state index contributed by atoms with van der Waals surface area (Å²) < 4.78 is 22.9. The summed E-state index contributed by atoms with van der Waals surface area (Å²) in [6.45, 7) is 8.41. The number of carbonyl (C=O) groups excluding carboxylic acids is 2. The number of pyridine rings is 1. The zero-order valence-electron chi connectivity index (χ0n) is 29.5. The lowest BCUT2D eigenvalue weighted by Crippen LogP contribution is -2.41. The smallest absolute Gasteiger partial charge is 0.323 e. The number of benzene rings is 4. The maximum Gasteiger partial charge on any atom is 0.323 e. The lowest BCUT2D eigenvalue weighted by molar-refractivity contribution is -0.134. The van der Waals surface area contributed by atoms with Gasteiger partial charge in [0.2, 0.25) is 5.91 Å². The van der Waals surface area contributed by atoms with Crippen molar-refractivity contribution >= 4 is 45.6 Å². The van der Waals surface area contributed by atoms with Crippen molar-refractivity contribution in [2.45, 2.75) is 32.6 Å². The summed E-state index contributed by atoms with van der Waals surface area (Å²) in [7, 11) is 3.17. The summed E-state index contributed by atoms with van der Waals surface area (Å²) in [6, 6.07) is 26.0. The molecule has 11 heteroatoms. The van der Waals surface area contributed by atoms with Gasteiger partial charge >= 0.3 is 6.03 Å². The molecule has 264 valence electrons. The summed E-state index contributed by atoms with van der Waals surface area (Å²) in [4.78, 5) is 33.1. The normalized spacial score (nSPS) is 13.0. The summed E-state index contributed by atoms with van der Waals surface area (Å²) in [6.07, 6.45) is 1.82. The van der Waals surface area contributed by atoms with Gasteiger partial charge in [0.05, 0.1) is 45.2 Å². The molecule has 0 unspecified atom stereocenters. The Morgan fingerprint density at radius 1 is 0.824 bits per heavy atom. The van der Waals surface area contributed by atoms with Gasteiger partial charge in [0, 0.05) is 53.4 Å². The Balaban J connectivity index is 1.22. The first-order chi connectivity index (χ1) is 24.6. The Labute approximate surface area is 297 Å². The molecule has 5 aromatic rings. The van der Waals surface area contributed by atoms with Gasteiger partial charge in [0.15, 0.2) is 0 Å². The molecule has 0 spiro atoms. The number of hydrogen-bond acceptors (Lipinski definition) is 8. The van der Waals surface area contributed by atoms with Crippen molar-refractivity contribution in [3.05, 3.63) is 102 Å². The van der Waals surface area contributed by atoms with Crippen LogP contribution in [0.5, 0.6) is 23.0 Å². The highest BCUT2D eigenvalue weighted by Gasteiger charge is 2.24. The van der Waals surface area contributed by atoms with E-state index in [0.717, 1.165) is 27.8 Å². The SMILES string of the molecule is COc1cccc(Nc2cc(Oc3ccc(NC(=O)Nc4cc(C(C)(C)C)cc(CC(=O)N5CCOCC5)c4OC)c4ccccc34)ccn2)c1. The molecule has 1 saturated heterocycles. The summed E-state index contributed by atoms with van der Waals surface area (Å²) in [5.74, 6) is 2.99. The van der Waals surface area contributed by atoms with Crippen LogP contribution in [-0.4, -0.2) is 62.3 Å². The van der Waals surface area contributed by atoms with Crippen molar-refractivity contribution in [2.75, 3.05) is 56.5 Å². The Morgan fingerprint density at radius 2 is 1.59 bits per heavy atom. The highest BCUT2D eigenvalue weighted by molar-refractivity contribution is 6.08. The van der Waals surface area contributed by atoms with Crippen LogP contribution in [0.15, 0.2) is 91.1 Å². The fraction of sp³-hybridized carbons (Fsp3) is 0.275. The Hall–Kier alpha value is -5.81. The number of carbonyl (C=O) groups is 2. The van der Waals surface area contributed by atoms with Gasteiger partial charge in [-0.2, -0.15) is 0 Å². The number of amides is 3. The Bertz CT molecular complexity index is 2040. The molecule has 2 heterocycles. The number of urea groups is 1. The highest BCUT2D eigenvalue weighted by atomic mass is 16.5. The average Bonchev–Trinajstić information content (AvgIpc) is 3.13. The minimum absolute atomic E-state index is 0.0112. The summed E-state index contributed by atoms with van der Waals surface area (Å²) >= 11 is 0. The van der Waals surface area contributed by atoms with E-state index < -0.39 is 6.03 Å². The number of aromatic nitrogens is 1. The van der Waals surface area contributed by atoms with E-state index in [2.05, 4.69) is 41.7 Å². The van der Waals surface area contributed by atoms with Crippen LogP contribution in [0.1, 0.15) is 31.9 Å². The molecule has 11 nitrogen and oxygen atoms in total. The lowest BCUT2D eigenvalue weighted by Gasteiger charge is -2.28. The monoisotopic (exact) mass is 689 g/mol. The number of nitrogens with zero attached hydrogens (tertiary/aromatic N) is 2. The summed E-state index contributed by atoms with van der Waals surface area (Å²) in [5, 5.41) is 10.9. The van der Waals surface area contributed by atoms with Crippen molar-refractivity contribution in [1.82, 2.24) is 9.88 Å². The van der Waals surface area contributed by atoms with Crippen molar-refractivity contribution in [1.29, 1.82) is 0 Å². The molecule has 0 saturated carbocycles. The molecule has 1 aliphatic heterocycles. The van der Waals surface area contributed by atoms with Gasteiger partial charge in [-0.05, 0) is 47.4 Å². The maximum atomic E-state index is 13.6. The number of nitrogens with one attached hydrogen (secondary N) is 3. The predicted octanol–water partition coefficient (Wildman–Crippen LogP) is 8.13. The molecule has 0 aliphatic carbocycles. The number of morpholine rings is 1. The minimum Gasteiger partial charge on any atom is -0.497 e. The minimum atomic E-state index is -0.453. The molecule has 1 fully saturated rings. The van der Waals surface area contributed by atoms with Gasteiger partial charge < -0.3 is 39.8 Å². The van der Waals surface area contributed by atoms with Crippen molar-refractivity contribution in [3.63, 3.8) is 0 Å². The van der Waals surface area contributed by atoms with E-state index in [9.17, 15) is 9.59 Å². The Morgan fingerprint density at radius 3 is 2.33 bits per heavy atom. The number of rotatable bonds is 10. The first-order valence-corrected chi connectivity index (χ1v) is 16.8. The number of anilines is 4. The molecule has 0 atom stereocenters. The standard InChI is InChI=1S/C40H43N5O6/c1-40(2,3)27-21-26(22-37(46)45-17-19-50-20-18-45)38(49-5)34(23-27)44-39(47)43-33-13-14-35(32-12-7-6-11-31(32)33)51-30-15-16-41-36(25-30)42-28-9-8-10-29(24-28)48-4/h6-16,21,23-25H,17-20,22H2,1-5H3,(H,41,42)(H2,43,44,47). The molecule has 0 bridgehead atoms. The molecule has 0 radical (unpaired) electrons. The Kier molecular flexibility index (Phi) is 10.6. The van der Waals surface area contributed by atoms with Crippen LogP contribution >= 0.6 is 0 Å². The molecule has 1 aromatic heterocycles. The first-order valence-electron chi connectivity index (χ1n) is 16.8. The van der Waals surface area contributed by atoms with Crippen LogP contribution in [0.2, 0.25) is 0 Å². The molecule has 3 N–H and O–H groups in total. The lowest BCUT2D eigenvalue weighted by atomic mass is 9.85. The van der Waals surface area contributed by atoms with Crippen LogP contribution in [0.3, 0.4) is 0 Å². The zero-order chi connectivity index (χ0) is 36.0. The molecular formula is C40H43N5O6. The topological polar surface area (TPSA) is 123 Å². The first kappa shape index (κ1) is 35.0. The zero-order valence-corrected chi connectivity index (χ0v) is 29.5. The van der Waals surface area contributed by atoms with Crippen molar-refractivity contribution < 1.29 is 28.5 Å². The van der Waals surface area contributed by atoms with E-state index in [0.29, 0.717) is 66.3 Å².